The van der Waals surface area contributed by atoms with Gasteiger partial charge in [0, 0.05) is 26.7 Å². The minimum atomic E-state index is -0.731. The first-order chi connectivity index (χ1) is 9.52. The van der Waals surface area contributed by atoms with Crippen LogP contribution in [-0.2, 0) is 14.3 Å². The number of aliphatic carboxylic acids is 1. The minimum absolute atomic E-state index is 0.0830. The molecule has 6 heteroatoms. The Morgan fingerprint density at radius 3 is 2.50 bits per heavy atom. The number of carbonyl (C=O) groups is 2. The highest BCUT2D eigenvalue weighted by Gasteiger charge is 2.42. The molecule has 2 heterocycles. The predicted octanol–water partition coefficient (Wildman–Crippen LogP) is 0.467. The molecule has 0 spiro atoms. The first-order valence-corrected chi connectivity index (χ1v) is 7.31. The van der Waals surface area contributed by atoms with Gasteiger partial charge in [0.1, 0.15) is 0 Å². The molecule has 2 rings (SSSR count). The standard InChI is InChI=1S/C14H24N2O4/c1-3-14(13(18)19)4-6-16(7-5-14)12(17)11-8-10(20-2)9-15-11/h10-11,15H,3-9H2,1-2H3,(H,18,19). The number of nitrogens with one attached hydrogen (secondary N) is 1. The lowest BCUT2D eigenvalue weighted by Gasteiger charge is -2.39. The number of methoxy groups -OCH3 is 1. The molecule has 0 radical (unpaired) electrons. The van der Waals surface area contributed by atoms with Crippen LogP contribution >= 0.6 is 0 Å². The molecule has 0 bridgehead atoms. The fraction of sp³-hybridized carbons (Fsp3) is 0.857. The molecule has 0 aromatic rings. The molecule has 2 N–H and O–H groups in total. The Hall–Kier alpha value is -1.14. The van der Waals surface area contributed by atoms with E-state index in [0.29, 0.717) is 45.3 Å². The Balaban J connectivity index is 1.90. The Kier molecular flexibility index (Phi) is 4.65. The van der Waals surface area contributed by atoms with E-state index in [4.69, 9.17) is 4.74 Å². The largest absolute Gasteiger partial charge is 0.481 e. The summed E-state index contributed by atoms with van der Waals surface area (Å²) in [5.74, 6) is -0.648. The van der Waals surface area contributed by atoms with E-state index < -0.39 is 11.4 Å². The van der Waals surface area contributed by atoms with E-state index in [-0.39, 0.29) is 18.1 Å². The van der Waals surface area contributed by atoms with Crippen molar-refractivity contribution in [3.63, 3.8) is 0 Å². The molecule has 0 aromatic heterocycles. The minimum Gasteiger partial charge on any atom is -0.481 e. The monoisotopic (exact) mass is 284 g/mol. The van der Waals surface area contributed by atoms with Crippen LogP contribution in [0.3, 0.4) is 0 Å². The van der Waals surface area contributed by atoms with Crippen LogP contribution in [0.25, 0.3) is 0 Å². The summed E-state index contributed by atoms with van der Waals surface area (Å²) in [5, 5.41) is 12.5. The molecule has 20 heavy (non-hydrogen) atoms. The number of amides is 1. The van der Waals surface area contributed by atoms with Gasteiger partial charge < -0.3 is 20.1 Å². The van der Waals surface area contributed by atoms with Crippen molar-refractivity contribution in [1.82, 2.24) is 10.2 Å². The summed E-state index contributed by atoms with van der Waals surface area (Å²) in [7, 11) is 1.66. The van der Waals surface area contributed by atoms with E-state index in [0.717, 1.165) is 0 Å². The molecule has 0 aliphatic carbocycles. The molecule has 0 aromatic carbocycles. The molecule has 6 nitrogen and oxygen atoms in total. The van der Waals surface area contributed by atoms with Crippen molar-refractivity contribution in [3.8, 4) is 0 Å². The van der Waals surface area contributed by atoms with Gasteiger partial charge in [-0.2, -0.15) is 0 Å². The summed E-state index contributed by atoms with van der Waals surface area (Å²) < 4.78 is 5.25. The van der Waals surface area contributed by atoms with E-state index in [2.05, 4.69) is 5.32 Å². The van der Waals surface area contributed by atoms with Crippen molar-refractivity contribution in [2.75, 3.05) is 26.7 Å². The number of hydrogen-bond acceptors (Lipinski definition) is 4. The molecule has 2 saturated heterocycles. The predicted molar refractivity (Wildman–Crippen MR) is 73.4 cm³/mol. The van der Waals surface area contributed by atoms with Crippen molar-refractivity contribution in [1.29, 1.82) is 0 Å². The molecule has 1 amide bonds. The first kappa shape index (κ1) is 15.3. The molecule has 2 aliphatic rings. The molecular weight excluding hydrogens is 260 g/mol. The SMILES string of the molecule is CCC1(C(=O)O)CCN(C(=O)C2CC(OC)CN2)CC1. The number of rotatable bonds is 4. The second-order valence-electron chi connectivity index (χ2n) is 5.82. The Morgan fingerprint density at radius 1 is 1.40 bits per heavy atom. The van der Waals surface area contributed by atoms with Crippen molar-refractivity contribution in [2.24, 2.45) is 5.41 Å². The number of carbonyl (C=O) groups excluding carboxylic acids is 1. The van der Waals surface area contributed by atoms with Crippen LogP contribution in [0.4, 0.5) is 0 Å². The van der Waals surface area contributed by atoms with Gasteiger partial charge in [-0.1, -0.05) is 6.92 Å². The maximum atomic E-state index is 12.4. The van der Waals surface area contributed by atoms with Gasteiger partial charge in [0.2, 0.25) is 5.91 Å². The van der Waals surface area contributed by atoms with Gasteiger partial charge in [-0.3, -0.25) is 9.59 Å². The molecule has 2 aliphatic heterocycles. The normalized spacial score (nSPS) is 29.4. The third kappa shape index (κ3) is 2.81. The lowest BCUT2D eigenvalue weighted by molar-refractivity contribution is -0.155. The van der Waals surface area contributed by atoms with Crippen LogP contribution in [-0.4, -0.2) is 60.8 Å². The molecular formula is C14H24N2O4. The van der Waals surface area contributed by atoms with E-state index in [9.17, 15) is 14.7 Å². The van der Waals surface area contributed by atoms with Crippen LogP contribution < -0.4 is 5.32 Å². The van der Waals surface area contributed by atoms with Gasteiger partial charge in [0.05, 0.1) is 17.6 Å². The van der Waals surface area contributed by atoms with E-state index in [1.54, 1.807) is 12.0 Å². The van der Waals surface area contributed by atoms with Gasteiger partial charge >= 0.3 is 5.97 Å². The molecule has 2 atom stereocenters. The Bertz CT molecular complexity index is 377. The number of carboxylic acid groups (broad SMARTS) is 1. The third-order valence-corrected chi connectivity index (χ3v) is 4.88. The zero-order chi connectivity index (χ0) is 14.8. The molecule has 2 fully saturated rings. The van der Waals surface area contributed by atoms with E-state index in [1.165, 1.54) is 0 Å². The fourth-order valence-corrected chi connectivity index (χ4v) is 3.17. The summed E-state index contributed by atoms with van der Waals surface area (Å²) in [6, 6.07) is -0.182. The maximum Gasteiger partial charge on any atom is 0.309 e. The topological polar surface area (TPSA) is 78.9 Å². The quantitative estimate of drug-likeness (QED) is 0.784. The highest BCUT2D eigenvalue weighted by molar-refractivity contribution is 5.83. The Labute approximate surface area is 119 Å². The second kappa shape index (κ2) is 6.10. The average molecular weight is 284 g/mol. The van der Waals surface area contributed by atoms with Gasteiger partial charge in [-0.25, -0.2) is 0 Å². The average Bonchev–Trinajstić information content (AvgIpc) is 2.95. The highest BCUT2D eigenvalue weighted by atomic mass is 16.5. The number of carboxylic acids is 1. The fourth-order valence-electron chi connectivity index (χ4n) is 3.17. The van der Waals surface area contributed by atoms with Crippen LogP contribution in [0.15, 0.2) is 0 Å². The summed E-state index contributed by atoms with van der Waals surface area (Å²) in [4.78, 5) is 25.6. The lowest BCUT2D eigenvalue weighted by atomic mass is 9.76. The third-order valence-electron chi connectivity index (χ3n) is 4.88. The zero-order valence-corrected chi connectivity index (χ0v) is 12.2. The van der Waals surface area contributed by atoms with E-state index in [1.807, 2.05) is 6.92 Å². The van der Waals surface area contributed by atoms with Crippen LogP contribution in [0.1, 0.15) is 32.6 Å². The van der Waals surface area contributed by atoms with Gasteiger partial charge in [0.15, 0.2) is 0 Å². The van der Waals surface area contributed by atoms with E-state index >= 15 is 0 Å². The summed E-state index contributed by atoms with van der Waals surface area (Å²) in [5.41, 5.74) is -0.644. The Morgan fingerprint density at radius 2 is 2.05 bits per heavy atom. The highest BCUT2D eigenvalue weighted by Crippen LogP contribution is 2.35. The lowest BCUT2D eigenvalue weighted by Crippen LogP contribution is -2.50. The van der Waals surface area contributed by atoms with Crippen molar-refractivity contribution in [2.45, 2.75) is 44.8 Å². The van der Waals surface area contributed by atoms with Crippen molar-refractivity contribution < 1.29 is 19.4 Å². The first-order valence-electron chi connectivity index (χ1n) is 7.31. The summed E-state index contributed by atoms with van der Waals surface area (Å²) >= 11 is 0. The number of likely N-dealkylation sites (tertiary alicyclic amines) is 1. The molecule has 2 unspecified atom stereocenters. The van der Waals surface area contributed by atoms with Gasteiger partial charge in [-0.15, -0.1) is 0 Å². The number of piperidine rings is 1. The molecule has 114 valence electrons. The van der Waals surface area contributed by atoms with Crippen LogP contribution in [0.2, 0.25) is 0 Å². The molecule has 0 saturated carbocycles. The zero-order valence-electron chi connectivity index (χ0n) is 12.2. The second-order valence-corrected chi connectivity index (χ2v) is 5.82. The maximum absolute atomic E-state index is 12.4. The van der Waals surface area contributed by atoms with Crippen LogP contribution in [0, 0.1) is 5.41 Å². The van der Waals surface area contributed by atoms with Gasteiger partial charge in [-0.05, 0) is 25.7 Å². The summed E-state index contributed by atoms with van der Waals surface area (Å²) in [6.45, 7) is 3.69. The number of ether oxygens (including phenoxy) is 1. The van der Waals surface area contributed by atoms with Crippen molar-refractivity contribution in [3.05, 3.63) is 0 Å². The van der Waals surface area contributed by atoms with Gasteiger partial charge in [0.25, 0.3) is 0 Å². The van der Waals surface area contributed by atoms with Crippen molar-refractivity contribution >= 4 is 11.9 Å². The number of nitrogens with zero attached hydrogens (tertiary/aromatic N) is 1. The summed E-state index contributed by atoms with van der Waals surface area (Å²) in [6.07, 6.45) is 2.51. The van der Waals surface area contributed by atoms with Crippen LogP contribution in [0.5, 0.6) is 0 Å². The smallest absolute Gasteiger partial charge is 0.309 e. The number of hydrogen-bond donors (Lipinski definition) is 2.